The first-order valence-electron chi connectivity index (χ1n) is 7.37. The molecule has 2 atom stereocenters. The van der Waals surface area contributed by atoms with E-state index < -0.39 is 0 Å². The van der Waals surface area contributed by atoms with Crippen LogP contribution in [0.1, 0.15) is 19.8 Å². The van der Waals surface area contributed by atoms with Crippen molar-refractivity contribution in [1.29, 1.82) is 0 Å². The molecule has 0 spiro atoms. The lowest BCUT2D eigenvalue weighted by Crippen LogP contribution is -2.47. The van der Waals surface area contributed by atoms with Crippen LogP contribution in [-0.4, -0.2) is 44.2 Å². The third kappa shape index (κ3) is 4.51. The summed E-state index contributed by atoms with van der Waals surface area (Å²) in [5.41, 5.74) is 0. The number of para-hydroxylation sites is 1. The van der Waals surface area contributed by atoms with Crippen LogP contribution in [0.5, 0.6) is 5.75 Å². The van der Waals surface area contributed by atoms with Crippen LogP contribution in [0, 0.1) is 5.92 Å². The monoisotopic (exact) mass is 262 g/mol. The summed E-state index contributed by atoms with van der Waals surface area (Å²) in [4.78, 5) is 2.56. The first kappa shape index (κ1) is 14.4. The first-order valence-corrected chi connectivity index (χ1v) is 7.37. The molecule has 2 unspecified atom stereocenters. The minimum absolute atomic E-state index is 0.691. The molecule has 3 heteroatoms. The minimum Gasteiger partial charge on any atom is -0.494 e. The Hall–Kier alpha value is -1.06. The second kappa shape index (κ2) is 7.51. The molecule has 1 aliphatic rings. The highest BCUT2D eigenvalue weighted by Gasteiger charge is 2.24. The maximum absolute atomic E-state index is 5.73. The van der Waals surface area contributed by atoms with Gasteiger partial charge in [0.1, 0.15) is 5.75 Å². The molecule has 1 N–H and O–H groups in total. The van der Waals surface area contributed by atoms with Crippen molar-refractivity contribution in [2.45, 2.75) is 25.8 Å². The normalized spacial score (nSPS) is 24.3. The van der Waals surface area contributed by atoms with E-state index in [1.54, 1.807) is 0 Å². The highest BCUT2D eigenvalue weighted by molar-refractivity contribution is 5.20. The zero-order valence-electron chi connectivity index (χ0n) is 12.1. The van der Waals surface area contributed by atoms with Crippen LogP contribution in [0.25, 0.3) is 0 Å². The fourth-order valence-electron chi connectivity index (χ4n) is 2.86. The summed E-state index contributed by atoms with van der Waals surface area (Å²) >= 11 is 0. The molecule has 0 radical (unpaired) electrons. The Morgan fingerprint density at radius 1 is 1.32 bits per heavy atom. The molecule has 2 rings (SSSR count). The van der Waals surface area contributed by atoms with Crippen molar-refractivity contribution in [3.63, 3.8) is 0 Å². The molecule has 0 aliphatic carbocycles. The van der Waals surface area contributed by atoms with Crippen molar-refractivity contribution in [1.82, 2.24) is 10.2 Å². The Bertz CT molecular complexity index is 355. The smallest absolute Gasteiger partial charge is 0.119 e. The SMILES string of the molecule is CNC1CCN(CCCOc2ccccc2)CC1C. The maximum Gasteiger partial charge on any atom is 0.119 e. The Morgan fingerprint density at radius 3 is 2.79 bits per heavy atom. The Kier molecular flexibility index (Phi) is 5.67. The van der Waals surface area contributed by atoms with E-state index in [1.807, 2.05) is 30.3 Å². The second-order valence-corrected chi connectivity index (χ2v) is 5.48. The number of nitrogens with one attached hydrogen (secondary N) is 1. The zero-order valence-corrected chi connectivity index (χ0v) is 12.1. The molecule has 106 valence electrons. The lowest BCUT2D eigenvalue weighted by atomic mass is 9.94. The van der Waals surface area contributed by atoms with Crippen LogP contribution in [0.2, 0.25) is 0 Å². The van der Waals surface area contributed by atoms with Crippen LogP contribution in [0.15, 0.2) is 30.3 Å². The van der Waals surface area contributed by atoms with Crippen molar-refractivity contribution >= 4 is 0 Å². The molecule has 1 fully saturated rings. The predicted molar refractivity (Wildman–Crippen MR) is 79.6 cm³/mol. The van der Waals surface area contributed by atoms with Crippen molar-refractivity contribution < 1.29 is 4.74 Å². The topological polar surface area (TPSA) is 24.5 Å². The largest absolute Gasteiger partial charge is 0.494 e. The van der Waals surface area contributed by atoms with E-state index in [1.165, 1.54) is 19.5 Å². The third-order valence-corrected chi connectivity index (χ3v) is 3.99. The average Bonchev–Trinajstić information content (AvgIpc) is 2.45. The molecule has 0 saturated carbocycles. The lowest BCUT2D eigenvalue weighted by Gasteiger charge is -2.36. The number of rotatable bonds is 6. The van der Waals surface area contributed by atoms with Gasteiger partial charge in [0, 0.05) is 19.1 Å². The molecule has 1 saturated heterocycles. The molecule has 1 aliphatic heterocycles. The first-order chi connectivity index (χ1) is 9.29. The highest BCUT2D eigenvalue weighted by atomic mass is 16.5. The van der Waals surface area contributed by atoms with Gasteiger partial charge in [-0.3, -0.25) is 0 Å². The standard InChI is InChI=1S/C16H26N2O/c1-14-13-18(11-9-16(14)17-2)10-6-12-19-15-7-4-3-5-8-15/h3-5,7-8,14,16-17H,6,9-13H2,1-2H3. The number of benzene rings is 1. The molecule has 0 amide bonds. The van der Waals surface area contributed by atoms with E-state index in [4.69, 9.17) is 4.74 Å². The van der Waals surface area contributed by atoms with Crippen LogP contribution in [0.4, 0.5) is 0 Å². The van der Waals surface area contributed by atoms with Crippen molar-refractivity contribution in [3.05, 3.63) is 30.3 Å². The van der Waals surface area contributed by atoms with E-state index in [0.29, 0.717) is 6.04 Å². The van der Waals surface area contributed by atoms with Crippen LogP contribution in [0.3, 0.4) is 0 Å². The fourth-order valence-corrected chi connectivity index (χ4v) is 2.86. The van der Waals surface area contributed by atoms with Gasteiger partial charge in [-0.25, -0.2) is 0 Å². The number of ether oxygens (including phenoxy) is 1. The maximum atomic E-state index is 5.73. The number of hydrogen-bond donors (Lipinski definition) is 1. The van der Waals surface area contributed by atoms with Crippen molar-refractivity contribution in [2.75, 3.05) is 33.3 Å². The van der Waals surface area contributed by atoms with E-state index in [0.717, 1.165) is 31.2 Å². The average molecular weight is 262 g/mol. The van der Waals surface area contributed by atoms with Gasteiger partial charge in [-0.05, 0) is 44.5 Å². The van der Waals surface area contributed by atoms with Gasteiger partial charge in [-0.2, -0.15) is 0 Å². The van der Waals surface area contributed by atoms with Gasteiger partial charge in [-0.15, -0.1) is 0 Å². The van der Waals surface area contributed by atoms with Gasteiger partial charge < -0.3 is 15.0 Å². The van der Waals surface area contributed by atoms with Crippen LogP contribution >= 0.6 is 0 Å². The Labute approximate surface area is 116 Å². The van der Waals surface area contributed by atoms with E-state index in [-0.39, 0.29) is 0 Å². The number of piperidine rings is 1. The lowest BCUT2D eigenvalue weighted by molar-refractivity contribution is 0.142. The zero-order chi connectivity index (χ0) is 13.5. The van der Waals surface area contributed by atoms with Crippen LogP contribution < -0.4 is 10.1 Å². The molecule has 1 aromatic rings. The fraction of sp³-hybridized carbons (Fsp3) is 0.625. The summed E-state index contributed by atoms with van der Waals surface area (Å²) < 4.78 is 5.73. The second-order valence-electron chi connectivity index (χ2n) is 5.48. The van der Waals surface area contributed by atoms with Gasteiger partial charge in [0.05, 0.1) is 6.61 Å². The van der Waals surface area contributed by atoms with Gasteiger partial charge in [-0.1, -0.05) is 25.1 Å². The van der Waals surface area contributed by atoms with Gasteiger partial charge in [0.25, 0.3) is 0 Å². The van der Waals surface area contributed by atoms with E-state index in [9.17, 15) is 0 Å². The van der Waals surface area contributed by atoms with Crippen molar-refractivity contribution in [3.8, 4) is 5.75 Å². The molecule has 0 bridgehead atoms. The molecule has 1 aromatic carbocycles. The summed E-state index contributed by atoms with van der Waals surface area (Å²) in [6, 6.07) is 10.8. The quantitative estimate of drug-likeness (QED) is 0.797. The Morgan fingerprint density at radius 2 is 2.11 bits per heavy atom. The van der Waals surface area contributed by atoms with Crippen molar-refractivity contribution in [2.24, 2.45) is 5.92 Å². The summed E-state index contributed by atoms with van der Waals surface area (Å²) in [6.07, 6.45) is 2.36. The third-order valence-electron chi connectivity index (χ3n) is 3.99. The molecular formula is C16H26N2O. The molecule has 0 aromatic heterocycles. The number of hydrogen-bond acceptors (Lipinski definition) is 3. The number of likely N-dealkylation sites (tertiary alicyclic amines) is 1. The molecular weight excluding hydrogens is 236 g/mol. The minimum atomic E-state index is 0.691. The summed E-state index contributed by atoms with van der Waals surface area (Å²) in [5.74, 6) is 1.72. The Balaban J connectivity index is 1.61. The summed E-state index contributed by atoms with van der Waals surface area (Å²) in [5, 5.41) is 3.41. The summed E-state index contributed by atoms with van der Waals surface area (Å²) in [6.45, 7) is 6.71. The summed E-state index contributed by atoms with van der Waals surface area (Å²) in [7, 11) is 2.07. The van der Waals surface area contributed by atoms with Gasteiger partial charge >= 0.3 is 0 Å². The molecule has 1 heterocycles. The predicted octanol–water partition coefficient (Wildman–Crippen LogP) is 2.39. The van der Waals surface area contributed by atoms with E-state index in [2.05, 4.69) is 24.2 Å². The van der Waals surface area contributed by atoms with Gasteiger partial charge in [0.15, 0.2) is 0 Å². The highest BCUT2D eigenvalue weighted by Crippen LogP contribution is 2.16. The van der Waals surface area contributed by atoms with Crippen LogP contribution in [-0.2, 0) is 0 Å². The number of nitrogens with zero attached hydrogens (tertiary/aromatic N) is 1. The van der Waals surface area contributed by atoms with E-state index >= 15 is 0 Å². The molecule has 3 nitrogen and oxygen atoms in total. The molecule has 19 heavy (non-hydrogen) atoms. The van der Waals surface area contributed by atoms with Gasteiger partial charge in [0.2, 0.25) is 0 Å².